The van der Waals surface area contributed by atoms with Crippen molar-refractivity contribution in [2.45, 2.75) is 39.2 Å². The Labute approximate surface area is 124 Å². The number of rotatable bonds is 11. The van der Waals surface area contributed by atoms with Crippen LogP contribution < -0.4 is 0 Å². The van der Waals surface area contributed by atoms with Crippen molar-refractivity contribution in [1.29, 1.82) is 0 Å². The summed E-state index contributed by atoms with van der Waals surface area (Å²) in [5.74, 6) is 0. The first kappa shape index (κ1) is 17.1. The van der Waals surface area contributed by atoms with Gasteiger partial charge in [0.25, 0.3) is 0 Å². The second kappa shape index (κ2) is 10.8. The van der Waals surface area contributed by atoms with Crippen molar-refractivity contribution in [2.75, 3.05) is 13.2 Å². The summed E-state index contributed by atoms with van der Waals surface area (Å²) in [6.45, 7) is 9.78. The van der Waals surface area contributed by atoms with Crippen LogP contribution in [0.15, 0.2) is 30.8 Å². The Kier molecular flexibility index (Phi) is 9.24. The van der Waals surface area contributed by atoms with E-state index in [0.29, 0.717) is 29.6 Å². The van der Waals surface area contributed by atoms with Gasteiger partial charge in [-0.3, -0.25) is 0 Å². The van der Waals surface area contributed by atoms with Crippen LogP contribution in [0.3, 0.4) is 0 Å². The van der Waals surface area contributed by atoms with Crippen LogP contribution in [-0.4, -0.2) is 29.3 Å². The van der Waals surface area contributed by atoms with E-state index in [1.807, 2.05) is 32.1 Å². The topological polar surface area (TPSA) is 27.7 Å². The molecule has 0 aromatic heterocycles. The van der Waals surface area contributed by atoms with Crippen LogP contribution in [0.25, 0.3) is 6.08 Å². The van der Waals surface area contributed by atoms with Gasteiger partial charge in [-0.25, -0.2) is 0 Å². The molecule has 0 aliphatic heterocycles. The Balaban J connectivity index is 2.22. The summed E-state index contributed by atoms with van der Waals surface area (Å²) in [4.78, 5) is 0. The van der Waals surface area contributed by atoms with Crippen LogP contribution in [0.1, 0.15) is 31.4 Å². The van der Waals surface area contributed by atoms with Crippen LogP contribution in [-0.2, 0) is 20.5 Å². The number of benzene rings is 1. The quantitative estimate of drug-likeness (QED) is 0.354. The highest BCUT2D eigenvalue weighted by molar-refractivity contribution is 6.26. The van der Waals surface area contributed by atoms with Crippen molar-refractivity contribution in [3.8, 4) is 0 Å². The van der Waals surface area contributed by atoms with Gasteiger partial charge in [-0.05, 0) is 37.4 Å². The summed E-state index contributed by atoms with van der Waals surface area (Å²) in [6.07, 6.45) is 2.65. The van der Waals surface area contributed by atoms with E-state index in [-0.39, 0.29) is 6.29 Å². The smallest absolute Gasteiger partial charge is 0.230 e. The molecule has 3 nitrogen and oxygen atoms in total. The van der Waals surface area contributed by atoms with Gasteiger partial charge in [-0.15, -0.1) is 0 Å². The molecule has 0 saturated carbocycles. The molecule has 0 amide bonds. The molecule has 2 radical (unpaired) electrons. The summed E-state index contributed by atoms with van der Waals surface area (Å²) < 4.78 is 16.7. The molecule has 110 valence electrons. The van der Waals surface area contributed by atoms with Crippen molar-refractivity contribution in [2.24, 2.45) is 0 Å². The molecule has 4 heteroatoms. The van der Waals surface area contributed by atoms with Gasteiger partial charge in [0, 0.05) is 13.2 Å². The minimum Gasteiger partial charge on any atom is -0.413 e. The van der Waals surface area contributed by atoms with Crippen LogP contribution >= 0.6 is 0 Å². The molecule has 0 spiro atoms. The highest BCUT2D eigenvalue weighted by Gasteiger charge is 2.08. The van der Waals surface area contributed by atoms with Gasteiger partial charge in [-0.2, -0.15) is 0 Å². The average Bonchev–Trinajstić information content (AvgIpc) is 2.47. The second-order valence-electron chi connectivity index (χ2n) is 4.21. The molecule has 0 aliphatic rings. The number of ether oxygens (including phenoxy) is 2. The molecule has 0 aliphatic carbocycles. The summed E-state index contributed by atoms with van der Waals surface area (Å²) >= 11 is 0. The Morgan fingerprint density at radius 2 is 1.90 bits per heavy atom. The average molecular weight is 292 g/mol. The number of hydrogen-bond acceptors (Lipinski definition) is 3. The lowest BCUT2D eigenvalue weighted by atomic mass is 10.1. The lowest BCUT2D eigenvalue weighted by molar-refractivity contribution is -0.137. The zero-order valence-corrected chi connectivity index (χ0v) is 13.4. The maximum absolute atomic E-state index is 5.74. The highest BCUT2D eigenvalue weighted by atomic mass is 28.2. The molecule has 1 aromatic carbocycles. The van der Waals surface area contributed by atoms with E-state index < -0.39 is 0 Å². The third kappa shape index (κ3) is 6.48. The first-order valence-corrected chi connectivity index (χ1v) is 8.21. The summed E-state index contributed by atoms with van der Waals surface area (Å²) in [7, 11) is 0.463. The predicted molar refractivity (Wildman–Crippen MR) is 83.5 cm³/mol. The monoisotopic (exact) mass is 292 g/mol. The predicted octanol–water partition coefficient (Wildman–Crippen LogP) is 3.67. The standard InChI is InChI=1S/C16H24O3Si/c1-4-14-9-7-8-10-15(14)13-19-20-12-11-16(17-5-2)18-6-3/h4,7-10,16H,1,5-6,11-13H2,2-3H3. The first-order valence-electron chi connectivity index (χ1n) is 7.10. The van der Waals surface area contributed by atoms with E-state index >= 15 is 0 Å². The van der Waals surface area contributed by atoms with Crippen LogP contribution in [0.5, 0.6) is 0 Å². The lowest BCUT2D eigenvalue weighted by Gasteiger charge is -2.16. The van der Waals surface area contributed by atoms with E-state index in [1.165, 1.54) is 5.56 Å². The molecule has 0 heterocycles. The van der Waals surface area contributed by atoms with Crippen molar-refractivity contribution in [3.05, 3.63) is 42.0 Å². The lowest BCUT2D eigenvalue weighted by Crippen LogP contribution is -2.18. The van der Waals surface area contributed by atoms with E-state index in [4.69, 9.17) is 13.9 Å². The summed E-state index contributed by atoms with van der Waals surface area (Å²) in [6, 6.07) is 9.12. The molecule has 0 bridgehead atoms. The minimum atomic E-state index is -0.0958. The van der Waals surface area contributed by atoms with E-state index in [0.717, 1.165) is 18.0 Å². The van der Waals surface area contributed by atoms with E-state index in [9.17, 15) is 0 Å². The molecule has 0 saturated heterocycles. The fraction of sp³-hybridized carbons (Fsp3) is 0.500. The Morgan fingerprint density at radius 3 is 2.55 bits per heavy atom. The highest BCUT2D eigenvalue weighted by Crippen LogP contribution is 2.11. The molecular formula is C16H24O3Si. The van der Waals surface area contributed by atoms with Gasteiger partial charge in [0.1, 0.15) is 0 Å². The van der Waals surface area contributed by atoms with Gasteiger partial charge in [0.2, 0.25) is 9.76 Å². The van der Waals surface area contributed by atoms with Crippen molar-refractivity contribution in [3.63, 3.8) is 0 Å². The largest absolute Gasteiger partial charge is 0.413 e. The van der Waals surface area contributed by atoms with Gasteiger partial charge < -0.3 is 13.9 Å². The maximum Gasteiger partial charge on any atom is 0.230 e. The molecular weight excluding hydrogens is 268 g/mol. The van der Waals surface area contributed by atoms with Crippen LogP contribution in [0.2, 0.25) is 6.04 Å². The molecule has 1 aromatic rings. The molecule has 0 fully saturated rings. The van der Waals surface area contributed by atoms with E-state index in [1.54, 1.807) is 0 Å². The van der Waals surface area contributed by atoms with Gasteiger partial charge in [-0.1, -0.05) is 36.9 Å². The van der Waals surface area contributed by atoms with Gasteiger partial charge in [0.05, 0.1) is 6.61 Å². The minimum absolute atomic E-state index is 0.0958. The fourth-order valence-corrected chi connectivity index (χ4v) is 2.58. The SMILES string of the molecule is C=Cc1ccccc1CO[Si]CCC(OCC)OCC. The van der Waals surface area contributed by atoms with Crippen molar-refractivity contribution >= 4 is 15.8 Å². The third-order valence-electron chi connectivity index (χ3n) is 2.79. The van der Waals surface area contributed by atoms with Crippen molar-refractivity contribution < 1.29 is 13.9 Å². The fourth-order valence-electron chi connectivity index (χ4n) is 1.83. The number of hydrogen-bond donors (Lipinski definition) is 0. The molecule has 0 N–H and O–H groups in total. The molecule has 0 atom stereocenters. The normalized spacial score (nSPS) is 10.9. The Hall–Kier alpha value is -0.943. The zero-order chi connectivity index (χ0) is 14.6. The summed E-state index contributed by atoms with van der Waals surface area (Å²) in [5, 5.41) is 0. The first-order chi connectivity index (χ1) is 9.81. The summed E-state index contributed by atoms with van der Waals surface area (Å²) in [5.41, 5.74) is 2.32. The third-order valence-corrected chi connectivity index (χ3v) is 3.63. The van der Waals surface area contributed by atoms with Gasteiger partial charge >= 0.3 is 0 Å². The Bertz CT molecular complexity index is 376. The molecule has 20 heavy (non-hydrogen) atoms. The second-order valence-corrected chi connectivity index (χ2v) is 5.29. The van der Waals surface area contributed by atoms with E-state index in [2.05, 4.69) is 18.7 Å². The maximum atomic E-state index is 5.74. The molecule has 1 rings (SSSR count). The molecule has 0 unspecified atom stereocenters. The Morgan fingerprint density at radius 1 is 1.20 bits per heavy atom. The van der Waals surface area contributed by atoms with Gasteiger partial charge in [0.15, 0.2) is 6.29 Å². The van der Waals surface area contributed by atoms with Crippen molar-refractivity contribution in [1.82, 2.24) is 0 Å². The zero-order valence-electron chi connectivity index (χ0n) is 12.4. The van der Waals surface area contributed by atoms with Crippen LogP contribution in [0.4, 0.5) is 0 Å². The van der Waals surface area contributed by atoms with Crippen LogP contribution in [0, 0.1) is 0 Å².